The van der Waals surface area contributed by atoms with E-state index in [0.717, 1.165) is 83.5 Å². The Morgan fingerprint density at radius 2 is 0.878 bits per heavy atom. The molecule has 5 heteroatoms. The first-order chi connectivity index (χ1) is 24.1. The molecule has 0 fully saturated rings. The van der Waals surface area contributed by atoms with Crippen molar-refractivity contribution in [3.63, 3.8) is 0 Å². The predicted octanol–water partition coefficient (Wildman–Crippen LogP) is 12.6. The Morgan fingerprint density at radius 1 is 0.490 bits per heavy atom. The third-order valence-corrected chi connectivity index (χ3v) is 8.22. The number of carbonyl (C=O) groups is 2. The van der Waals surface area contributed by atoms with Crippen molar-refractivity contribution in [3.8, 4) is 0 Å². The van der Waals surface area contributed by atoms with Crippen molar-refractivity contribution < 1.29 is 24.2 Å². The quantitative estimate of drug-likeness (QED) is 0.0409. The van der Waals surface area contributed by atoms with Crippen molar-refractivity contribution in [1.29, 1.82) is 0 Å². The summed E-state index contributed by atoms with van der Waals surface area (Å²) in [6.45, 7) is 3.93. The molecule has 49 heavy (non-hydrogen) atoms. The summed E-state index contributed by atoms with van der Waals surface area (Å²) in [6.07, 6.45) is 52.6. The maximum absolute atomic E-state index is 12.2. The lowest BCUT2D eigenvalue weighted by Gasteiger charge is -2.15. The molecule has 0 aliphatic carbocycles. The molecule has 0 bridgehead atoms. The van der Waals surface area contributed by atoms with E-state index in [2.05, 4.69) is 86.8 Å². The first-order valence-corrected chi connectivity index (χ1v) is 20.0. The summed E-state index contributed by atoms with van der Waals surface area (Å²) < 4.78 is 10.6. The lowest BCUT2D eigenvalue weighted by atomic mass is 10.1. The molecule has 0 aromatic rings. The number of esters is 2. The molecule has 0 aromatic carbocycles. The Kier molecular flexibility index (Phi) is 37.6. The van der Waals surface area contributed by atoms with Crippen LogP contribution in [0.3, 0.4) is 0 Å². The zero-order valence-corrected chi connectivity index (χ0v) is 31.7. The molecule has 0 aromatic heterocycles. The smallest absolute Gasteiger partial charge is 0.306 e. The second-order valence-electron chi connectivity index (χ2n) is 13.0. The van der Waals surface area contributed by atoms with Crippen LogP contribution in [0, 0.1) is 0 Å². The van der Waals surface area contributed by atoms with E-state index in [4.69, 9.17) is 9.47 Å². The fourth-order valence-electron chi connectivity index (χ4n) is 5.23. The lowest BCUT2D eigenvalue weighted by Crippen LogP contribution is -2.28. The molecular weight excluding hydrogens is 608 g/mol. The van der Waals surface area contributed by atoms with Gasteiger partial charge in [0, 0.05) is 12.8 Å². The highest BCUT2D eigenvalue weighted by Crippen LogP contribution is 2.13. The summed E-state index contributed by atoms with van der Waals surface area (Å²) in [5.74, 6) is -0.616. The number of aliphatic hydroxyl groups is 1. The van der Waals surface area contributed by atoms with Gasteiger partial charge in [0.25, 0.3) is 0 Å². The SMILES string of the molecule is CC/C=C\C/C=C\C/C=C\C/C=C\C/C=C\CCCCCCCCCCCC(=O)OC(CO)COC(=O)CCCCCCC/C=C\CCC. The molecule has 1 atom stereocenters. The van der Waals surface area contributed by atoms with Gasteiger partial charge in [-0.05, 0) is 77.0 Å². The van der Waals surface area contributed by atoms with Gasteiger partial charge in [-0.2, -0.15) is 0 Å². The van der Waals surface area contributed by atoms with E-state index >= 15 is 0 Å². The van der Waals surface area contributed by atoms with E-state index in [9.17, 15) is 14.7 Å². The minimum absolute atomic E-state index is 0.0759. The van der Waals surface area contributed by atoms with Gasteiger partial charge in [-0.1, -0.05) is 157 Å². The van der Waals surface area contributed by atoms with Gasteiger partial charge in [0.05, 0.1) is 6.61 Å². The first-order valence-electron chi connectivity index (χ1n) is 20.0. The summed E-state index contributed by atoms with van der Waals surface area (Å²) in [5, 5.41) is 9.53. The molecule has 0 rings (SSSR count). The Bertz CT molecular complexity index is 910. The number of allylic oxidation sites excluding steroid dienone is 12. The Labute approximate surface area is 302 Å². The average molecular weight is 683 g/mol. The second kappa shape index (κ2) is 39.8. The second-order valence-corrected chi connectivity index (χ2v) is 13.0. The Balaban J connectivity index is 3.57. The lowest BCUT2D eigenvalue weighted by molar-refractivity contribution is -0.161. The van der Waals surface area contributed by atoms with E-state index in [1.807, 2.05) is 0 Å². The number of rotatable bonds is 35. The fourth-order valence-corrected chi connectivity index (χ4v) is 5.23. The summed E-state index contributed by atoms with van der Waals surface area (Å²) in [4.78, 5) is 24.2. The van der Waals surface area contributed by atoms with Crippen LogP contribution in [0.4, 0.5) is 0 Å². The summed E-state index contributed by atoms with van der Waals surface area (Å²) in [6, 6.07) is 0. The zero-order chi connectivity index (χ0) is 35.7. The fraction of sp³-hybridized carbons (Fsp3) is 0.682. The van der Waals surface area contributed by atoms with Gasteiger partial charge in [-0.3, -0.25) is 9.59 Å². The number of hydrogen-bond donors (Lipinski definition) is 1. The molecule has 1 N–H and O–H groups in total. The molecule has 0 radical (unpaired) electrons. The Hall–Kier alpha value is -2.66. The van der Waals surface area contributed by atoms with Gasteiger partial charge in [0.1, 0.15) is 6.61 Å². The van der Waals surface area contributed by atoms with Gasteiger partial charge in [0.15, 0.2) is 6.10 Å². The van der Waals surface area contributed by atoms with E-state index in [1.165, 1.54) is 64.2 Å². The summed E-state index contributed by atoms with van der Waals surface area (Å²) in [7, 11) is 0. The number of unbranched alkanes of at least 4 members (excludes halogenated alkanes) is 15. The van der Waals surface area contributed by atoms with Gasteiger partial charge < -0.3 is 14.6 Å². The number of carbonyl (C=O) groups excluding carboxylic acids is 2. The molecular formula is C44H74O5. The van der Waals surface area contributed by atoms with Crippen molar-refractivity contribution in [3.05, 3.63) is 72.9 Å². The van der Waals surface area contributed by atoms with Gasteiger partial charge >= 0.3 is 11.9 Å². The molecule has 0 aliphatic heterocycles. The highest BCUT2D eigenvalue weighted by atomic mass is 16.6. The minimum atomic E-state index is -0.779. The minimum Gasteiger partial charge on any atom is -0.462 e. The van der Waals surface area contributed by atoms with E-state index < -0.39 is 6.10 Å². The highest BCUT2D eigenvalue weighted by Gasteiger charge is 2.16. The predicted molar refractivity (Wildman–Crippen MR) is 210 cm³/mol. The van der Waals surface area contributed by atoms with Crippen LogP contribution in [-0.2, 0) is 19.1 Å². The van der Waals surface area contributed by atoms with Gasteiger partial charge in [0.2, 0.25) is 0 Å². The van der Waals surface area contributed by atoms with Crippen LogP contribution in [0.2, 0.25) is 0 Å². The van der Waals surface area contributed by atoms with Crippen LogP contribution in [0.25, 0.3) is 0 Å². The van der Waals surface area contributed by atoms with Crippen LogP contribution < -0.4 is 0 Å². The average Bonchev–Trinajstić information content (AvgIpc) is 3.10. The van der Waals surface area contributed by atoms with Gasteiger partial charge in [-0.25, -0.2) is 0 Å². The maximum atomic E-state index is 12.2. The van der Waals surface area contributed by atoms with Crippen molar-refractivity contribution in [2.45, 2.75) is 180 Å². The molecule has 0 saturated carbocycles. The summed E-state index contributed by atoms with van der Waals surface area (Å²) >= 11 is 0. The van der Waals surface area contributed by atoms with Gasteiger partial charge in [-0.15, -0.1) is 0 Å². The molecule has 0 saturated heterocycles. The zero-order valence-electron chi connectivity index (χ0n) is 31.7. The van der Waals surface area contributed by atoms with Crippen LogP contribution in [-0.4, -0.2) is 36.4 Å². The van der Waals surface area contributed by atoms with E-state index in [1.54, 1.807) is 0 Å². The van der Waals surface area contributed by atoms with Crippen molar-refractivity contribution in [2.75, 3.05) is 13.2 Å². The molecule has 0 amide bonds. The monoisotopic (exact) mass is 683 g/mol. The van der Waals surface area contributed by atoms with Crippen molar-refractivity contribution in [2.24, 2.45) is 0 Å². The molecule has 0 aliphatic rings. The van der Waals surface area contributed by atoms with Crippen molar-refractivity contribution in [1.82, 2.24) is 0 Å². The molecule has 0 spiro atoms. The Morgan fingerprint density at radius 3 is 1.35 bits per heavy atom. The van der Waals surface area contributed by atoms with E-state index in [0.29, 0.717) is 12.8 Å². The third-order valence-electron chi connectivity index (χ3n) is 8.22. The molecule has 0 heterocycles. The largest absolute Gasteiger partial charge is 0.462 e. The van der Waals surface area contributed by atoms with Crippen LogP contribution >= 0.6 is 0 Å². The number of hydrogen-bond acceptors (Lipinski definition) is 5. The van der Waals surface area contributed by atoms with Crippen LogP contribution in [0.15, 0.2) is 72.9 Å². The summed E-state index contributed by atoms with van der Waals surface area (Å²) in [5.41, 5.74) is 0. The van der Waals surface area contributed by atoms with Crippen molar-refractivity contribution >= 4 is 11.9 Å². The number of aliphatic hydroxyl groups excluding tert-OH is 1. The normalized spacial score (nSPS) is 13.0. The van der Waals surface area contributed by atoms with Crippen LogP contribution in [0.5, 0.6) is 0 Å². The topological polar surface area (TPSA) is 72.8 Å². The highest BCUT2D eigenvalue weighted by molar-refractivity contribution is 5.70. The third kappa shape index (κ3) is 38.0. The molecule has 1 unspecified atom stereocenters. The molecule has 5 nitrogen and oxygen atoms in total. The molecule has 280 valence electrons. The maximum Gasteiger partial charge on any atom is 0.306 e. The standard InChI is InChI=1S/C44H74O5/c1-3-5-7-9-11-13-15-16-17-18-19-20-21-22-23-24-25-26-27-28-29-31-33-35-37-39-44(47)49-42(40-45)41-48-43(46)38-36-34-32-30-14-12-10-8-6-4-2/h5,7-8,10-11,13,16-17,19-20,22-23,42,45H,3-4,6,9,12,14-15,18,21,24-41H2,1-2H3/b7-5-,10-8-,13-11-,17-16-,20-19-,23-22-. The van der Waals surface area contributed by atoms with Crippen LogP contribution in [0.1, 0.15) is 174 Å². The number of ether oxygens (including phenoxy) is 2. The first kappa shape index (κ1) is 46.3. The van der Waals surface area contributed by atoms with E-state index in [-0.39, 0.29) is 25.2 Å².